The lowest BCUT2D eigenvalue weighted by molar-refractivity contribution is -0.137. The Morgan fingerprint density at radius 2 is 1.92 bits per heavy atom. The molecule has 0 spiro atoms. The smallest absolute Gasteiger partial charge is 0.417 e. The van der Waals surface area contributed by atoms with Gasteiger partial charge in [0.1, 0.15) is 0 Å². The van der Waals surface area contributed by atoms with Crippen LogP contribution < -0.4 is 0 Å². The summed E-state index contributed by atoms with van der Waals surface area (Å²) < 4.78 is 4.69. The van der Waals surface area contributed by atoms with E-state index in [0.29, 0.717) is 31.3 Å². The van der Waals surface area contributed by atoms with E-state index >= 15 is 0 Å². The molecule has 0 unspecified atom stereocenters. The van der Waals surface area contributed by atoms with Gasteiger partial charge >= 0.3 is 6.09 Å². The van der Waals surface area contributed by atoms with Crippen LogP contribution in [0.2, 0.25) is 0 Å². The van der Waals surface area contributed by atoms with E-state index in [9.17, 15) is 14.4 Å². The molecule has 7 heteroatoms. The van der Waals surface area contributed by atoms with Gasteiger partial charge in [0, 0.05) is 35.7 Å². The number of imide groups is 1. The number of ether oxygens (including phenoxy) is 1. The van der Waals surface area contributed by atoms with Crippen LogP contribution in [-0.2, 0) is 20.7 Å². The molecule has 0 N–H and O–H groups in total. The second-order valence-corrected chi connectivity index (χ2v) is 8.36. The summed E-state index contributed by atoms with van der Waals surface area (Å²) in [6.07, 6.45) is -0.196. The first kappa shape index (κ1) is 17.8. The maximum Gasteiger partial charge on any atom is 0.417 e. The number of hydrogen-bond acceptors (Lipinski definition) is 5. The number of rotatable bonds is 6. The standard InChI is InChI=1S/C18H22N2O4S/c1-12(2)25-15-5-3-13(4-6-15)7-16(21)19-8-14(9-19)10-20-17(22)11-24-18(20)23/h3-6,12,14H,7-11H2,1-2H3. The number of thioether (sulfide) groups is 1. The van der Waals surface area contributed by atoms with Crippen molar-refractivity contribution in [3.63, 3.8) is 0 Å². The molecule has 0 aromatic heterocycles. The number of hydrogen-bond donors (Lipinski definition) is 0. The summed E-state index contributed by atoms with van der Waals surface area (Å²) in [5.74, 6) is -0.0756. The maximum absolute atomic E-state index is 12.3. The van der Waals surface area contributed by atoms with E-state index < -0.39 is 6.09 Å². The van der Waals surface area contributed by atoms with E-state index in [0.717, 1.165) is 10.5 Å². The van der Waals surface area contributed by atoms with E-state index in [1.54, 1.807) is 16.7 Å². The second kappa shape index (κ2) is 7.47. The van der Waals surface area contributed by atoms with Gasteiger partial charge in [0.2, 0.25) is 5.91 Å². The zero-order valence-corrected chi connectivity index (χ0v) is 15.3. The Bertz CT molecular complexity index is 652. The Labute approximate surface area is 151 Å². The zero-order chi connectivity index (χ0) is 18.0. The van der Waals surface area contributed by atoms with Gasteiger partial charge in [-0.05, 0) is 17.7 Å². The quantitative estimate of drug-likeness (QED) is 0.726. The fourth-order valence-corrected chi connectivity index (χ4v) is 3.79. The minimum atomic E-state index is -0.575. The molecule has 134 valence electrons. The third kappa shape index (κ3) is 4.34. The van der Waals surface area contributed by atoms with Crippen molar-refractivity contribution in [2.75, 3.05) is 26.2 Å². The van der Waals surface area contributed by atoms with Crippen LogP contribution in [0.25, 0.3) is 0 Å². The number of cyclic esters (lactones) is 1. The molecule has 2 saturated heterocycles. The number of carbonyl (C=O) groups is 3. The first-order valence-corrected chi connectivity index (χ1v) is 9.31. The number of carbonyl (C=O) groups excluding carboxylic acids is 3. The highest BCUT2D eigenvalue weighted by Gasteiger charge is 2.38. The molecule has 3 rings (SSSR count). The Hall–Kier alpha value is -2.02. The van der Waals surface area contributed by atoms with Crippen LogP contribution in [0.4, 0.5) is 4.79 Å². The molecule has 1 aromatic carbocycles. The zero-order valence-electron chi connectivity index (χ0n) is 14.4. The van der Waals surface area contributed by atoms with Gasteiger partial charge in [0.15, 0.2) is 6.61 Å². The first-order valence-electron chi connectivity index (χ1n) is 8.43. The van der Waals surface area contributed by atoms with E-state index in [1.807, 2.05) is 12.1 Å². The first-order chi connectivity index (χ1) is 11.9. The molecule has 2 aliphatic heterocycles. The molecular formula is C18H22N2O4S. The predicted octanol–water partition coefficient (Wildman–Crippen LogP) is 2.17. The van der Waals surface area contributed by atoms with Crippen molar-refractivity contribution in [3.05, 3.63) is 29.8 Å². The Kier molecular flexibility index (Phi) is 5.32. The molecule has 2 aliphatic rings. The predicted molar refractivity (Wildman–Crippen MR) is 94.3 cm³/mol. The van der Waals surface area contributed by atoms with Crippen LogP contribution >= 0.6 is 11.8 Å². The van der Waals surface area contributed by atoms with Crippen LogP contribution in [0.1, 0.15) is 19.4 Å². The third-order valence-electron chi connectivity index (χ3n) is 4.24. The lowest BCUT2D eigenvalue weighted by Gasteiger charge is -2.40. The van der Waals surface area contributed by atoms with Crippen LogP contribution in [-0.4, -0.2) is 59.2 Å². The number of amides is 3. The summed E-state index contributed by atoms with van der Waals surface area (Å²) in [6, 6.07) is 8.10. The molecule has 0 saturated carbocycles. The minimum Gasteiger partial charge on any atom is -0.439 e. The van der Waals surface area contributed by atoms with Gasteiger partial charge in [-0.3, -0.25) is 9.59 Å². The van der Waals surface area contributed by atoms with Crippen molar-refractivity contribution in [2.24, 2.45) is 5.92 Å². The SMILES string of the molecule is CC(C)Sc1ccc(CC(=O)N2CC(CN3C(=O)COC3=O)C2)cc1. The van der Waals surface area contributed by atoms with Gasteiger partial charge in [-0.2, -0.15) is 0 Å². The van der Waals surface area contributed by atoms with Gasteiger partial charge in [0.25, 0.3) is 5.91 Å². The molecule has 2 fully saturated rings. The van der Waals surface area contributed by atoms with Crippen LogP contribution in [0.5, 0.6) is 0 Å². The number of benzene rings is 1. The van der Waals surface area contributed by atoms with Gasteiger partial charge in [0.05, 0.1) is 6.42 Å². The second-order valence-electron chi connectivity index (χ2n) is 6.71. The van der Waals surface area contributed by atoms with Crippen molar-refractivity contribution in [3.8, 4) is 0 Å². The third-order valence-corrected chi connectivity index (χ3v) is 5.26. The van der Waals surface area contributed by atoms with Gasteiger partial charge < -0.3 is 9.64 Å². The highest BCUT2D eigenvalue weighted by molar-refractivity contribution is 7.99. The molecule has 3 amide bonds. The van der Waals surface area contributed by atoms with Crippen molar-refractivity contribution in [2.45, 2.75) is 30.4 Å². The van der Waals surface area contributed by atoms with Crippen molar-refractivity contribution >= 4 is 29.7 Å². The van der Waals surface area contributed by atoms with E-state index in [-0.39, 0.29) is 24.3 Å². The molecule has 1 aromatic rings. The van der Waals surface area contributed by atoms with E-state index in [2.05, 4.69) is 30.7 Å². The van der Waals surface area contributed by atoms with Crippen molar-refractivity contribution < 1.29 is 19.1 Å². The molecule has 0 aliphatic carbocycles. The molecule has 25 heavy (non-hydrogen) atoms. The summed E-state index contributed by atoms with van der Waals surface area (Å²) in [5, 5.41) is 0.533. The molecule has 0 atom stereocenters. The largest absolute Gasteiger partial charge is 0.439 e. The van der Waals surface area contributed by atoms with Crippen LogP contribution in [0, 0.1) is 5.92 Å². The molecule has 0 bridgehead atoms. The fourth-order valence-electron chi connectivity index (χ4n) is 2.95. The van der Waals surface area contributed by atoms with Gasteiger partial charge in [-0.1, -0.05) is 26.0 Å². The summed E-state index contributed by atoms with van der Waals surface area (Å²) >= 11 is 1.80. The maximum atomic E-state index is 12.3. The van der Waals surface area contributed by atoms with E-state index in [1.165, 1.54) is 4.90 Å². The normalized spacial score (nSPS) is 17.9. The Morgan fingerprint density at radius 1 is 1.24 bits per heavy atom. The highest BCUT2D eigenvalue weighted by Crippen LogP contribution is 2.24. The average molecular weight is 362 g/mol. The monoisotopic (exact) mass is 362 g/mol. The summed E-state index contributed by atoms with van der Waals surface area (Å²) in [6.45, 7) is 5.63. The molecule has 2 heterocycles. The van der Waals surface area contributed by atoms with Crippen molar-refractivity contribution in [1.29, 1.82) is 0 Å². The minimum absolute atomic E-state index is 0.0795. The lowest BCUT2D eigenvalue weighted by Crippen LogP contribution is -2.54. The summed E-state index contributed by atoms with van der Waals surface area (Å²) in [4.78, 5) is 39.4. The van der Waals surface area contributed by atoms with Crippen LogP contribution in [0.15, 0.2) is 29.2 Å². The molecule has 0 radical (unpaired) electrons. The Balaban J connectivity index is 1.44. The number of likely N-dealkylation sites (tertiary alicyclic amines) is 1. The highest BCUT2D eigenvalue weighted by atomic mass is 32.2. The van der Waals surface area contributed by atoms with Gasteiger partial charge in [-0.15, -0.1) is 11.8 Å². The lowest BCUT2D eigenvalue weighted by atomic mass is 9.98. The molecule has 6 nitrogen and oxygen atoms in total. The molecular weight excluding hydrogens is 340 g/mol. The van der Waals surface area contributed by atoms with Crippen molar-refractivity contribution in [1.82, 2.24) is 9.80 Å². The van der Waals surface area contributed by atoms with Crippen LogP contribution in [0.3, 0.4) is 0 Å². The number of nitrogens with zero attached hydrogens (tertiary/aromatic N) is 2. The summed E-state index contributed by atoms with van der Waals surface area (Å²) in [7, 11) is 0. The van der Waals surface area contributed by atoms with Gasteiger partial charge in [-0.25, -0.2) is 9.69 Å². The topological polar surface area (TPSA) is 66.9 Å². The Morgan fingerprint density at radius 3 is 2.48 bits per heavy atom. The van der Waals surface area contributed by atoms with E-state index in [4.69, 9.17) is 0 Å². The fraction of sp³-hybridized carbons (Fsp3) is 0.500. The average Bonchev–Trinajstić information content (AvgIpc) is 2.83. The summed E-state index contributed by atoms with van der Waals surface area (Å²) in [5.41, 5.74) is 1.000.